The Kier molecular flexibility index (Phi) is 5.68. The zero-order chi connectivity index (χ0) is 23.0. The Balaban J connectivity index is 1.40. The summed E-state index contributed by atoms with van der Waals surface area (Å²) in [6.07, 6.45) is 0.341. The zero-order valence-electron chi connectivity index (χ0n) is 18.4. The van der Waals surface area contributed by atoms with Crippen molar-refractivity contribution in [3.8, 4) is 0 Å². The third kappa shape index (κ3) is 4.14. The lowest BCUT2D eigenvalue weighted by atomic mass is 10.1. The molecule has 3 aromatic carbocycles. The van der Waals surface area contributed by atoms with Gasteiger partial charge in [0.1, 0.15) is 6.10 Å². The molecule has 2 aliphatic rings. The molecular weight excluding hydrogens is 436 g/mol. The zero-order valence-corrected chi connectivity index (χ0v) is 19.2. The number of para-hydroxylation sites is 1. The van der Waals surface area contributed by atoms with Gasteiger partial charge in [0.15, 0.2) is 0 Å². The number of hydrogen-bond acceptors (Lipinski definition) is 4. The number of morpholine rings is 1. The summed E-state index contributed by atoms with van der Waals surface area (Å²) >= 11 is 0. The van der Waals surface area contributed by atoms with Crippen LogP contribution in [0.4, 0.5) is 5.69 Å². The van der Waals surface area contributed by atoms with Crippen LogP contribution >= 0.6 is 0 Å². The molecule has 170 valence electrons. The highest BCUT2D eigenvalue weighted by molar-refractivity contribution is 7.92. The minimum atomic E-state index is -3.77. The minimum Gasteiger partial charge on any atom is -0.367 e. The molecule has 0 aliphatic carbocycles. The Labute approximate surface area is 194 Å². The molecule has 2 heterocycles. The molecule has 0 saturated carbocycles. The van der Waals surface area contributed by atoms with Crippen molar-refractivity contribution in [2.24, 2.45) is 0 Å². The van der Waals surface area contributed by atoms with Crippen LogP contribution in [0.25, 0.3) is 0 Å². The van der Waals surface area contributed by atoms with E-state index in [1.165, 1.54) is 10.4 Å². The Bertz CT molecular complexity index is 1280. The van der Waals surface area contributed by atoms with Crippen molar-refractivity contribution in [3.63, 3.8) is 0 Å². The second-order valence-electron chi connectivity index (χ2n) is 8.54. The lowest BCUT2D eigenvalue weighted by molar-refractivity contribution is -0.0691. The van der Waals surface area contributed by atoms with Gasteiger partial charge in [-0.25, -0.2) is 8.42 Å². The van der Waals surface area contributed by atoms with E-state index in [1.54, 1.807) is 23.1 Å². The third-order valence-corrected chi connectivity index (χ3v) is 8.04. The number of hydrogen-bond donors (Lipinski definition) is 0. The maximum absolute atomic E-state index is 13.4. The second-order valence-corrected chi connectivity index (χ2v) is 10.4. The summed E-state index contributed by atoms with van der Waals surface area (Å²) in [5.41, 5.74) is 3.11. The van der Waals surface area contributed by atoms with E-state index in [1.807, 2.05) is 61.5 Å². The summed E-state index contributed by atoms with van der Waals surface area (Å²) in [7, 11) is -3.77. The summed E-state index contributed by atoms with van der Waals surface area (Å²) in [6, 6.07) is 23.7. The van der Waals surface area contributed by atoms with Gasteiger partial charge in [-0.15, -0.1) is 0 Å². The SMILES string of the molecule is CC1CN(C(=O)c2cccc(S(=O)(=O)N3CCc4ccccc43)c2)CC(c2ccccc2)O1. The molecule has 0 bridgehead atoms. The van der Waals surface area contributed by atoms with E-state index in [-0.39, 0.29) is 23.0 Å². The fourth-order valence-corrected chi connectivity index (χ4v) is 6.18. The van der Waals surface area contributed by atoms with Gasteiger partial charge in [-0.3, -0.25) is 9.10 Å². The molecule has 0 spiro atoms. The van der Waals surface area contributed by atoms with Crippen LogP contribution in [0.15, 0.2) is 83.8 Å². The van der Waals surface area contributed by atoms with E-state index in [0.29, 0.717) is 37.3 Å². The number of sulfonamides is 1. The Hall–Kier alpha value is -3.16. The van der Waals surface area contributed by atoms with Gasteiger partial charge in [0, 0.05) is 18.7 Å². The van der Waals surface area contributed by atoms with Gasteiger partial charge in [0.05, 0.1) is 23.2 Å². The van der Waals surface area contributed by atoms with Gasteiger partial charge in [0.25, 0.3) is 15.9 Å². The number of anilines is 1. The van der Waals surface area contributed by atoms with E-state index in [9.17, 15) is 13.2 Å². The van der Waals surface area contributed by atoms with Crippen molar-refractivity contribution < 1.29 is 17.9 Å². The number of carbonyl (C=O) groups excluding carboxylic acids is 1. The molecule has 1 saturated heterocycles. The van der Waals surface area contributed by atoms with Crippen LogP contribution < -0.4 is 4.31 Å². The van der Waals surface area contributed by atoms with Crippen LogP contribution in [0, 0.1) is 0 Å². The molecule has 2 atom stereocenters. The number of fused-ring (bicyclic) bond motifs is 1. The van der Waals surface area contributed by atoms with Crippen LogP contribution in [-0.4, -0.2) is 45.0 Å². The number of nitrogens with zero attached hydrogens (tertiary/aromatic N) is 2. The van der Waals surface area contributed by atoms with Crippen molar-refractivity contribution >= 4 is 21.6 Å². The van der Waals surface area contributed by atoms with Gasteiger partial charge in [0.2, 0.25) is 0 Å². The van der Waals surface area contributed by atoms with Gasteiger partial charge < -0.3 is 9.64 Å². The molecule has 2 aliphatic heterocycles. The average molecular weight is 463 g/mol. The van der Waals surface area contributed by atoms with E-state index in [2.05, 4.69) is 0 Å². The lowest BCUT2D eigenvalue weighted by Gasteiger charge is -2.37. The Morgan fingerprint density at radius 2 is 1.70 bits per heavy atom. The largest absolute Gasteiger partial charge is 0.367 e. The van der Waals surface area contributed by atoms with Gasteiger partial charge in [-0.1, -0.05) is 54.6 Å². The number of rotatable bonds is 4. The average Bonchev–Trinajstić information content (AvgIpc) is 3.29. The molecule has 1 amide bonds. The topological polar surface area (TPSA) is 66.9 Å². The first kappa shape index (κ1) is 21.7. The molecule has 0 radical (unpaired) electrons. The van der Waals surface area contributed by atoms with Crippen LogP contribution in [0.1, 0.15) is 34.5 Å². The van der Waals surface area contributed by atoms with Crippen molar-refractivity contribution in [1.82, 2.24) is 4.90 Å². The maximum Gasteiger partial charge on any atom is 0.264 e. The molecule has 6 nitrogen and oxygen atoms in total. The predicted molar refractivity (Wildman–Crippen MR) is 127 cm³/mol. The van der Waals surface area contributed by atoms with Crippen molar-refractivity contribution in [2.45, 2.75) is 30.4 Å². The molecular formula is C26H26N2O4S. The second kappa shape index (κ2) is 8.65. The lowest BCUT2D eigenvalue weighted by Crippen LogP contribution is -2.46. The van der Waals surface area contributed by atoms with Crippen molar-refractivity contribution in [1.29, 1.82) is 0 Å². The molecule has 7 heteroatoms. The van der Waals surface area contributed by atoms with E-state index in [4.69, 9.17) is 4.74 Å². The standard InChI is InChI=1S/C26H26N2O4S/c1-19-17-27(18-25(32-19)21-9-3-2-4-10-21)26(29)22-11-7-12-23(16-22)33(30,31)28-15-14-20-8-5-6-13-24(20)28/h2-13,16,19,25H,14-15,17-18H2,1H3. The molecule has 0 aromatic heterocycles. The first-order valence-corrected chi connectivity index (χ1v) is 12.6. The van der Waals surface area contributed by atoms with Crippen LogP contribution in [-0.2, 0) is 21.2 Å². The van der Waals surface area contributed by atoms with Gasteiger partial charge in [-0.05, 0) is 48.7 Å². The first-order valence-electron chi connectivity index (χ1n) is 11.1. The van der Waals surface area contributed by atoms with Crippen molar-refractivity contribution in [2.75, 3.05) is 23.9 Å². The molecule has 0 N–H and O–H groups in total. The van der Waals surface area contributed by atoms with E-state index >= 15 is 0 Å². The van der Waals surface area contributed by atoms with Crippen LogP contribution in [0.2, 0.25) is 0 Å². The summed E-state index contributed by atoms with van der Waals surface area (Å²) in [4.78, 5) is 15.3. The number of amides is 1. The fraction of sp³-hybridized carbons (Fsp3) is 0.269. The highest BCUT2D eigenvalue weighted by Gasteiger charge is 2.33. The fourth-order valence-electron chi connectivity index (χ4n) is 4.63. The van der Waals surface area contributed by atoms with Crippen molar-refractivity contribution in [3.05, 3.63) is 95.6 Å². The predicted octanol–water partition coefficient (Wildman–Crippen LogP) is 4.04. The molecule has 3 aromatic rings. The quantitative estimate of drug-likeness (QED) is 0.587. The third-order valence-electron chi connectivity index (χ3n) is 6.23. The number of ether oxygens (including phenoxy) is 1. The summed E-state index contributed by atoms with van der Waals surface area (Å²) in [5.74, 6) is -0.190. The molecule has 1 fully saturated rings. The summed E-state index contributed by atoms with van der Waals surface area (Å²) < 4.78 is 34.3. The maximum atomic E-state index is 13.4. The Morgan fingerprint density at radius 3 is 2.52 bits per heavy atom. The summed E-state index contributed by atoms with van der Waals surface area (Å²) in [5, 5.41) is 0. The van der Waals surface area contributed by atoms with Gasteiger partial charge in [-0.2, -0.15) is 0 Å². The van der Waals surface area contributed by atoms with Crippen LogP contribution in [0.3, 0.4) is 0 Å². The molecule has 33 heavy (non-hydrogen) atoms. The van der Waals surface area contributed by atoms with E-state index < -0.39 is 10.0 Å². The molecule has 2 unspecified atom stereocenters. The number of carbonyl (C=O) groups is 1. The van der Waals surface area contributed by atoms with Gasteiger partial charge >= 0.3 is 0 Å². The molecule has 5 rings (SSSR count). The van der Waals surface area contributed by atoms with E-state index in [0.717, 1.165) is 11.1 Å². The first-order chi connectivity index (χ1) is 15.9. The number of benzene rings is 3. The Morgan fingerprint density at radius 1 is 0.939 bits per heavy atom. The minimum absolute atomic E-state index is 0.124. The monoisotopic (exact) mass is 462 g/mol. The highest BCUT2D eigenvalue weighted by atomic mass is 32.2. The highest BCUT2D eigenvalue weighted by Crippen LogP contribution is 2.33. The summed E-state index contributed by atoms with van der Waals surface area (Å²) in [6.45, 7) is 3.23. The normalized spacial score (nSPS) is 20.5. The smallest absolute Gasteiger partial charge is 0.264 e. The van der Waals surface area contributed by atoms with Crippen LogP contribution in [0.5, 0.6) is 0 Å².